The number of nitrogens with zero attached hydrogens (tertiary/aromatic N) is 6. The Balaban J connectivity index is 1.30. The van der Waals surface area contributed by atoms with Gasteiger partial charge in [0.1, 0.15) is 24.9 Å². The number of aromatic nitrogens is 5. The topological polar surface area (TPSA) is 108 Å². The third-order valence-electron chi connectivity index (χ3n) is 5.13. The molecule has 1 aliphatic heterocycles. The fraction of sp³-hybridized carbons (Fsp3) is 0.500. The molecule has 1 fully saturated rings. The first-order valence-electron chi connectivity index (χ1n) is 10.7. The molecule has 1 amide bonds. The summed E-state index contributed by atoms with van der Waals surface area (Å²) in [5.74, 6) is 0.945. The number of hydrogen-bond acceptors (Lipinski definition) is 8. The number of hydrogen-bond donors (Lipinski definition) is 0. The van der Waals surface area contributed by atoms with E-state index in [0.29, 0.717) is 24.8 Å². The maximum atomic E-state index is 12.2. The normalized spacial score (nSPS) is 15.2. The predicted octanol–water partition coefficient (Wildman–Crippen LogP) is 3.54. The van der Waals surface area contributed by atoms with Crippen molar-refractivity contribution in [3.8, 4) is 17.1 Å². The summed E-state index contributed by atoms with van der Waals surface area (Å²) in [4.78, 5) is 22.3. The molecular weight excluding hydrogens is 412 g/mol. The average molecular weight is 441 g/mol. The van der Waals surface area contributed by atoms with Gasteiger partial charge in [0.2, 0.25) is 0 Å². The summed E-state index contributed by atoms with van der Waals surface area (Å²) in [6, 6.07) is 5.84. The van der Waals surface area contributed by atoms with E-state index in [4.69, 9.17) is 14.0 Å². The van der Waals surface area contributed by atoms with Crippen LogP contribution in [-0.2, 0) is 16.1 Å². The Morgan fingerprint density at radius 3 is 2.69 bits per heavy atom. The van der Waals surface area contributed by atoms with E-state index in [1.54, 1.807) is 15.9 Å². The van der Waals surface area contributed by atoms with E-state index in [1.165, 1.54) is 6.33 Å². The molecule has 170 valence electrons. The van der Waals surface area contributed by atoms with Crippen LogP contribution in [0.2, 0.25) is 0 Å². The highest BCUT2D eigenvalue weighted by Crippen LogP contribution is 2.24. The fourth-order valence-electron chi connectivity index (χ4n) is 3.52. The number of ether oxygens (including phenoxy) is 2. The summed E-state index contributed by atoms with van der Waals surface area (Å²) >= 11 is 0. The minimum absolute atomic E-state index is 0.0411. The second-order valence-corrected chi connectivity index (χ2v) is 8.83. The zero-order valence-corrected chi connectivity index (χ0v) is 18.8. The molecule has 0 aliphatic carbocycles. The van der Waals surface area contributed by atoms with Crippen LogP contribution in [0.5, 0.6) is 0 Å². The lowest BCUT2D eigenvalue weighted by molar-refractivity contribution is -0.0190. The summed E-state index contributed by atoms with van der Waals surface area (Å²) in [5, 5.41) is 8.19. The number of carbonyl (C=O) groups is 1. The fourth-order valence-corrected chi connectivity index (χ4v) is 3.52. The van der Waals surface area contributed by atoms with E-state index in [2.05, 4.69) is 20.2 Å². The van der Waals surface area contributed by atoms with Crippen LogP contribution in [0.4, 0.5) is 4.79 Å². The number of carbonyl (C=O) groups excluding carboxylic acids is 1. The molecule has 0 unspecified atom stereocenters. The van der Waals surface area contributed by atoms with Crippen molar-refractivity contribution in [2.75, 3.05) is 13.1 Å². The van der Waals surface area contributed by atoms with E-state index >= 15 is 0 Å². The van der Waals surface area contributed by atoms with Gasteiger partial charge in [0.15, 0.2) is 5.82 Å². The SMILES string of the molecule is Cc1cc(-n2cncn2)ccc1-c1nc(COC2CCN(C(=O)OC(C)(C)C)CC2)no1. The number of rotatable bonds is 5. The molecule has 0 N–H and O–H groups in total. The molecule has 0 radical (unpaired) electrons. The average Bonchev–Trinajstić information content (AvgIpc) is 3.44. The zero-order valence-electron chi connectivity index (χ0n) is 18.8. The highest BCUT2D eigenvalue weighted by atomic mass is 16.6. The molecule has 0 saturated carbocycles. The quantitative estimate of drug-likeness (QED) is 0.593. The predicted molar refractivity (Wildman–Crippen MR) is 115 cm³/mol. The third kappa shape index (κ3) is 5.31. The van der Waals surface area contributed by atoms with Crippen LogP contribution in [0.3, 0.4) is 0 Å². The number of likely N-dealkylation sites (tertiary alicyclic amines) is 1. The van der Waals surface area contributed by atoms with Crippen molar-refractivity contribution < 1.29 is 18.8 Å². The van der Waals surface area contributed by atoms with Crippen LogP contribution in [-0.4, -0.2) is 60.7 Å². The molecular formula is C22H28N6O4. The highest BCUT2D eigenvalue weighted by molar-refractivity contribution is 5.68. The maximum absolute atomic E-state index is 12.2. The second-order valence-electron chi connectivity index (χ2n) is 8.83. The van der Waals surface area contributed by atoms with E-state index in [0.717, 1.165) is 29.7 Å². The van der Waals surface area contributed by atoms with Gasteiger partial charge < -0.3 is 18.9 Å². The number of benzene rings is 1. The van der Waals surface area contributed by atoms with E-state index in [-0.39, 0.29) is 18.8 Å². The summed E-state index contributed by atoms with van der Waals surface area (Å²) in [6.07, 6.45) is 4.40. The van der Waals surface area contributed by atoms with Gasteiger partial charge in [0, 0.05) is 18.7 Å². The van der Waals surface area contributed by atoms with Crippen LogP contribution in [0.25, 0.3) is 17.1 Å². The van der Waals surface area contributed by atoms with Crippen molar-refractivity contribution in [3.63, 3.8) is 0 Å². The summed E-state index contributed by atoms with van der Waals surface area (Å²) in [6.45, 7) is 9.06. The van der Waals surface area contributed by atoms with Crippen molar-refractivity contribution in [1.29, 1.82) is 0 Å². The summed E-state index contributed by atoms with van der Waals surface area (Å²) < 4.78 is 18.5. The molecule has 10 heteroatoms. The minimum atomic E-state index is -0.490. The molecule has 4 rings (SSSR count). The molecule has 3 aromatic rings. The van der Waals surface area contributed by atoms with Crippen LogP contribution >= 0.6 is 0 Å². The smallest absolute Gasteiger partial charge is 0.410 e. The molecule has 32 heavy (non-hydrogen) atoms. The van der Waals surface area contributed by atoms with Gasteiger partial charge >= 0.3 is 6.09 Å². The summed E-state index contributed by atoms with van der Waals surface area (Å²) in [7, 11) is 0. The first kappa shape index (κ1) is 21.9. The standard InChI is InChI=1S/C22H28N6O4/c1-15-11-16(28-14-23-13-24-28)5-6-18(15)20-25-19(26-32-20)12-30-17-7-9-27(10-8-17)21(29)31-22(2,3)4/h5-6,11,13-14,17H,7-10,12H2,1-4H3. The van der Waals surface area contributed by atoms with Gasteiger partial charge in [-0.15, -0.1) is 0 Å². The second kappa shape index (κ2) is 9.07. The lowest BCUT2D eigenvalue weighted by atomic mass is 10.1. The number of aryl methyl sites for hydroxylation is 1. The van der Waals surface area contributed by atoms with E-state index in [1.807, 2.05) is 45.9 Å². The van der Waals surface area contributed by atoms with E-state index in [9.17, 15) is 4.79 Å². The largest absolute Gasteiger partial charge is 0.444 e. The summed E-state index contributed by atoms with van der Waals surface area (Å²) in [5.41, 5.74) is 2.27. The Hall–Kier alpha value is -3.27. The molecule has 1 aromatic carbocycles. The molecule has 0 atom stereocenters. The molecule has 3 heterocycles. The van der Waals surface area contributed by atoms with Crippen molar-refractivity contribution in [1.82, 2.24) is 29.8 Å². The molecule has 1 aliphatic rings. The van der Waals surface area contributed by atoms with Gasteiger partial charge in [-0.2, -0.15) is 10.1 Å². The van der Waals surface area contributed by atoms with Gasteiger partial charge in [-0.25, -0.2) is 14.5 Å². The van der Waals surface area contributed by atoms with Crippen LogP contribution in [0.1, 0.15) is 45.0 Å². The molecule has 10 nitrogen and oxygen atoms in total. The monoisotopic (exact) mass is 440 g/mol. The van der Waals surface area contributed by atoms with Gasteiger partial charge in [-0.1, -0.05) is 5.16 Å². The Morgan fingerprint density at radius 2 is 2.03 bits per heavy atom. The molecule has 0 bridgehead atoms. The number of piperidine rings is 1. The Labute approximate surface area is 186 Å². The zero-order chi connectivity index (χ0) is 22.7. The van der Waals surface area contributed by atoms with E-state index < -0.39 is 5.60 Å². The highest BCUT2D eigenvalue weighted by Gasteiger charge is 2.27. The third-order valence-corrected chi connectivity index (χ3v) is 5.13. The maximum Gasteiger partial charge on any atom is 0.410 e. The molecule has 2 aromatic heterocycles. The lowest BCUT2D eigenvalue weighted by Gasteiger charge is -2.33. The lowest BCUT2D eigenvalue weighted by Crippen LogP contribution is -2.43. The first-order valence-corrected chi connectivity index (χ1v) is 10.7. The molecule has 0 spiro atoms. The van der Waals surface area contributed by atoms with Crippen molar-refractivity contribution in [2.24, 2.45) is 0 Å². The van der Waals surface area contributed by atoms with Crippen molar-refractivity contribution >= 4 is 6.09 Å². The van der Waals surface area contributed by atoms with Crippen LogP contribution in [0.15, 0.2) is 35.4 Å². The van der Waals surface area contributed by atoms with Crippen molar-refractivity contribution in [3.05, 3.63) is 42.2 Å². The van der Waals surface area contributed by atoms with Gasteiger partial charge in [0.05, 0.1) is 11.8 Å². The van der Waals surface area contributed by atoms with Crippen LogP contribution in [0, 0.1) is 6.92 Å². The van der Waals surface area contributed by atoms with Gasteiger partial charge in [-0.3, -0.25) is 0 Å². The Bertz CT molecular complexity index is 1050. The van der Waals surface area contributed by atoms with Crippen LogP contribution < -0.4 is 0 Å². The Morgan fingerprint density at radius 1 is 1.25 bits per heavy atom. The van der Waals surface area contributed by atoms with Gasteiger partial charge in [-0.05, 0) is 64.3 Å². The van der Waals surface area contributed by atoms with Crippen molar-refractivity contribution in [2.45, 2.75) is 58.8 Å². The number of amides is 1. The Kier molecular flexibility index (Phi) is 6.22. The minimum Gasteiger partial charge on any atom is -0.444 e. The first-order chi connectivity index (χ1) is 15.3. The molecule has 1 saturated heterocycles. The van der Waals surface area contributed by atoms with Gasteiger partial charge in [0.25, 0.3) is 5.89 Å².